The van der Waals surface area contributed by atoms with Crippen LogP contribution in [0, 0.1) is 0 Å². The van der Waals surface area contributed by atoms with Gasteiger partial charge in [-0.2, -0.15) is 0 Å². The van der Waals surface area contributed by atoms with E-state index >= 15 is 0 Å². The van der Waals surface area contributed by atoms with Crippen molar-refractivity contribution in [3.05, 3.63) is 24.3 Å². The lowest BCUT2D eigenvalue weighted by Crippen LogP contribution is -2.44. The molecule has 0 radical (unpaired) electrons. The van der Waals surface area contributed by atoms with Gasteiger partial charge in [0.15, 0.2) is 0 Å². The van der Waals surface area contributed by atoms with Gasteiger partial charge in [-0.15, -0.1) is 0 Å². The fourth-order valence-corrected chi connectivity index (χ4v) is 1.68. The molecule has 3 amide bonds. The van der Waals surface area contributed by atoms with Gasteiger partial charge in [0.25, 0.3) is 5.91 Å². The maximum absolute atomic E-state index is 11.6. The second-order valence-corrected chi connectivity index (χ2v) is 3.72. The van der Waals surface area contributed by atoms with E-state index in [4.69, 9.17) is 5.73 Å². The van der Waals surface area contributed by atoms with Gasteiger partial charge in [0.05, 0.1) is 17.9 Å². The highest BCUT2D eigenvalue weighted by atomic mass is 16.2. The number of nitrogens with zero attached hydrogens (tertiary/aromatic N) is 2. The largest absolute Gasteiger partial charge is 0.367 e. The quantitative estimate of drug-likeness (QED) is 0.734. The maximum Gasteiger partial charge on any atom is 0.319 e. The molecule has 3 N–H and O–H groups in total. The van der Waals surface area contributed by atoms with Crippen molar-refractivity contribution in [1.29, 1.82) is 0 Å². The molecule has 1 aromatic carbocycles. The molecule has 0 bridgehead atoms. The number of hydrogen-bond acceptors (Lipinski definition) is 4. The van der Waals surface area contributed by atoms with Gasteiger partial charge in [0.2, 0.25) is 0 Å². The van der Waals surface area contributed by atoms with Gasteiger partial charge in [-0.3, -0.25) is 10.1 Å². The van der Waals surface area contributed by atoms with E-state index in [0.717, 1.165) is 5.69 Å². The number of aliphatic imine (C=N–C) groups is 1. The number of nitrogens with two attached hydrogens (primary N) is 1. The summed E-state index contributed by atoms with van der Waals surface area (Å²) in [7, 11) is 1.85. The molecule has 6 heteroatoms. The number of carbonyl (C=O) groups is 2. The molecule has 0 fully saturated rings. The summed E-state index contributed by atoms with van der Waals surface area (Å²) in [5, 5.41) is 2.01. The zero-order chi connectivity index (χ0) is 12.4. The summed E-state index contributed by atoms with van der Waals surface area (Å²) in [6, 6.07) is 6.59. The number of nitrogens with one attached hydrogen (secondary N) is 1. The third-order valence-corrected chi connectivity index (χ3v) is 2.43. The molecule has 0 saturated carbocycles. The number of fused-ring (bicyclic) bond motifs is 1. The van der Waals surface area contributed by atoms with Crippen LogP contribution < -0.4 is 16.0 Å². The maximum atomic E-state index is 11.6. The molecule has 2 rings (SSSR count). The Morgan fingerprint density at radius 2 is 2.12 bits per heavy atom. The Balaban J connectivity index is 2.31. The fourth-order valence-electron chi connectivity index (χ4n) is 1.68. The Kier molecular flexibility index (Phi) is 2.78. The number of para-hydroxylation sites is 2. The van der Waals surface area contributed by atoms with E-state index in [1.807, 2.05) is 41.5 Å². The highest BCUT2D eigenvalue weighted by Crippen LogP contribution is 2.30. The molecular weight excluding hydrogens is 220 g/mol. The first kappa shape index (κ1) is 11.1. The molecular formula is C11H12N4O2. The molecule has 0 saturated heterocycles. The average Bonchev–Trinajstić information content (AvgIpc) is 2.28. The predicted molar refractivity (Wildman–Crippen MR) is 64.5 cm³/mol. The first-order valence-electron chi connectivity index (χ1n) is 5.06. The van der Waals surface area contributed by atoms with Gasteiger partial charge in [0, 0.05) is 7.05 Å². The number of benzene rings is 1. The van der Waals surface area contributed by atoms with Gasteiger partial charge < -0.3 is 10.6 Å². The standard InChI is InChI=1S/C11H12N4O2/c1-15-6-8(10(16)14-11(12)17)13-7-4-2-3-5-9(7)15/h2-5H,6H2,1H3,(H3,12,14,16,17). The Hall–Kier alpha value is -2.37. The molecule has 6 nitrogen and oxygen atoms in total. The van der Waals surface area contributed by atoms with Crippen LogP contribution in [-0.4, -0.2) is 31.2 Å². The molecule has 0 aliphatic carbocycles. The molecule has 0 atom stereocenters. The highest BCUT2D eigenvalue weighted by Gasteiger charge is 2.21. The summed E-state index contributed by atoms with van der Waals surface area (Å²) in [6.45, 7) is 0.343. The fraction of sp³-hybridized carbons (Fsp3) is 0.182. The van der Waals surface area contributed by atoms with E-state index in [0.29, 0.717) is 12.2 Å². The van der Waals surface area contributed by atoms with Crippen LogP contribution in [0.3, 0.4) is 0 Å². The molecule has 1 aliphatic heterocycles. The van der Waals surface area contributed by atoms with Crippen molar-refractivity contribution in [2.75, 3.05) is 18.5 Å². The van der Waals surface area contributed by atoms with E-state index in [-0.39, 0.29) is 5.71 Å². The van der Waals surface area contributed by atoms with Crippen LogP contribution in [-0.2, 0) is 4.79 Å². The van der Waals surface area contributed by atoms with Crippen molar-refractivity contribution >= 4 is 29.0 Å². The smallest absolute Gasteiger partial charge is 0.319 e. The Bertz CT molecular complexity index is 510. The number of urea groups is 1. The van der Waals surface area contributed by atoms with E-state index in [1.54, 1.807) is 0 Å². The topological polar surface area (TPSA) is 87.8 Å². The number of rotatable bonds is 1. The minimum Gasteiger partial charge on any atom is -0.367 e. The van der Waals surface area contributed by atoms with E-state index in [2.05, 4.69) is 4.99 Å². The van der Waals surface area contributed by atoms with Crippen molar-refractivity contribution in [1.82, 2.24) is 5.32 Å². The second kappa shape index (κ2) is 4.25. The lowest BCUT2D eigenvalue weighted by atomic mass is 10.2. The summed E-state index contributed by atoms with van der Waals surface area (Å²) >= 11 is 0. The van der Waals surface area contributed by atoms with Crippen molar-refractivity contribution in [2.45, 2.75) is 0 Å². The van der Waals surface area contributed by atoms with Crippen LogP contribution in [0.25, 0.3) is 0 Å². The molecule has 88 valence electrons. The number of primary amides is 1. The molecule has 1 aliphatic rings. The average molecular weight is 232 g/mol. The molecule has 0 aromatic heterocycles. The first-order chi connectivity index (χ1) is 8.08. The Labute approximate surface area is 98.1 Å². The number of amides is 3. The van der Waals surface area contributed by atoms with E-state index < -0.39 is 11.9 Å². The normalized spacial score (nSPS) is 13.7. The van der Waals surface area contributed by atoms with Crippen LogP contribution in [0.4, 0.5) is 16.2 Å². The number of imide groups is 1. The molecule has 1 aromatic rings. The third kappa shape index (κ3) is 2.25. The van der Waals surface area contributed by atoms with Crippen molar-refractivity contribution in [3.63, 3.8) is 0 Å². The lowest BCUT2D eigenvalue weighted by Gasteiger charge is -2.25. The van der Waals surface area contributed by atoms with Crippen LogP contribution in [0.1, 0.15) is 0 Å². The van der Waals surface area contributed by atoms with Gasteiger partial charge in [-0.05, 0) is 12.1 Å². The van der Waals surface area contributed by atoms with Crippen molar-refractivity contribution in [3.8, 4) is 0 Å². The summed E-state index contributed by atoms with van der Waals surface area (Å²) in [4.78, 5) is 28.3. The zero-order valence-electron chi connectivity index (χ0n) is 9.30. The number of carbonyl (C=O) groups excluding carboxylic acids is 2. The molecule has 0 spiro atoms. The van der Waals surface area contributed by atoms with E-state index in [9.17, 15) is 9.59 Å². The molecule has 17 heavy (non-hydrogen) atoms. The van der Waals surface area contributed by atoms with Crippen molar-refractivity contribution < 1.29 is 9.59 Å². The number of hydrogen-bond donors (Lipinski definition) is 2. The Morgan fingerprint density at radius 3 is 2.82 bits per heavy atom. The number of anilines is 1. The molecule has 1 heterocycles. The van der Waals surface area contributed by atoms with Gasteiger partial charge in [0.1, 0.15) is 5.71 Å². The summed E-state index contributed by atoms with van der Waals surface area (Å²) < 4.78 is 0. The van der Waals surface area contributed by atoms with Gasteiger partial charge >= 0.3 is 6.03 Å². The minimum absolute atomic E-state index is 0.269. The molecule has 0 unspecified atom stereocenters. The first-order valence-corrected chi connectivity index (χ1v) is 5.06. The van der Waals surface area contributed by atoms with Crippen LogP contribution >= 0.6 is 0 Å². The minimum atomic E-state index is -0.876. The van der Waals surface area contributed by atoms with Gasteiger partial charge in [-0.1, -0.05) is 12.1 Å². The zero-order valence-corrected chi connectivity index (χ0v) is 9.30. The third-order valence-electron chi connectivity index (χ3n) is 2.43. The second-order valence-electron chi connectivity index (χ2n) is 3.72. The Morgan fingerprint density at radius 1 is 1.41 bits per heavy atom. The van der Waals surface area contributed by atoms with Crippen LogP contribution in [0.5, 0.6) is 0 Å². The van der Waals surface area contributed by atoms with Gasteiger partial charge in [-0.25, -0.2) is 9.79 Å². The summed E-state index contributed by atoms with van der Waals surface area (Å²) in [5.74, 6) is -0.557. The summed E-state index contributed by atoms with van der Waals surface area (Å²) in [5.41, 5.74) is 6.81. The lowest BCUT2D eigenvalue weighted by molar-refractivity contribution is -0.113. The highest BCUT2D eigenvalue weighted by molar-refractivity contribution is 6.43. The summed E-state index contributed by atoms with van der Waals surface area (Å²) in [6.07, 6.45) is 0. The van der Waals surface area contributed by atoms with Crippen molar-refractivity contribution in [2.24, 2.45) is 10.7 Å². The SMILES string of the molecule is CN1CC(C(=O)NC(N)=O)=Nc2ccccc21. The van der Waals surface area contributed by atoms with Crippen LogP contribution in [0.15, 0.2) is 29.3 Å². The van der Waals surface area contributed by atoms with Crippen LogP contribution in [0.2, 0.25) is 0 Å². The monoisotopic (exact) mass is 232 g/mol. The predicted octanol–water partition coefficient (Wildman–Crippen LogP) is 0.404. The van der Waals surface area contributed by atoms with E-state index in [1.165, 1.54) is 0 Å².